The van der Waals surface area contributed by atoms with Gasteiger partial charge in [-0.25, -0.2) is 13.1 Å². The van der Waals surface area contributed by atoms with Crippen LogP contribution in [-0.2, 0) is 10.0 Å². The van der Waals surface area contributed by atoms with Gasteiger partial charge in [-0.1, -0.05) is 38.4 Å². The molecular formula is C11H17ClN2O2S. The fourth-order valence-electron chi connectivity index (χ4n) is 1.19. The van der Waals surface area contributed by atoms with Gasteiger partial charge in [-0.2, -0.15) is 0 Å². The van der Waals surface area contributed by atoms with Crippen LogP contribution in [0.15, 0.2) is 23.1 Å². The maximum atomic E-state index is 12.0. The first kappa shape index (κ1) is 14.3. The number of nitrogens with one attached hydrogen (secondary N) is 1. The summed E-state index contributed by atoms with van der Waals surface area (Å²) in [5, 5.41) is 0.131. The van der Waals surface area contributed by atoms with Crippen molar-refractivity contribution in [3.8, 4) is 0 Å². The molecule has 0 bridgehead atoms. The molecule has 17 heavy (non-hydrogen) atoms. The Morgan fingerprint density at radius 2 is 1.94 bits per heavy atom. The van der Waals surface area contributed by atoms with Crippen molar-refractivity contribution in [3.05, 3.63) is 23.2 Å². The molecule has 0 saturated carbocycles. The van der Waals surface area contributed by atoms with Gasteiger partial charge >= 0.3 is 0 Å². The second kappa shape index (κ2) is 4.84. The summed E-state index contributed by atoms with van der Waals surface area (Å²) in [7, 11) is -3.66. The van der Waals surface area contributed by atoms with Gasteiger partial charge in [-0.05, 0) is 17.5 Å². The van der Waals surface area contributed by atoms with E-state index in [2.05, 4.69) is 4.72 Å². The van der Waals surface area contributed by atoms with Gasteiger partial charge in [-0.15, -0.1) is 0 Å². The molecule has 0 unspecified atom stereocenters. The van der Waals surface area contributed by atoms with Crippen LogP contribution >= 0.6 is 11.6 Å². The molecule has 0 spiro atoms. The first-order chi connectivity index (χ1) is 7.63. The highest BCUT2D eigenvalue weighted by molar-refractivity contribution is 7.89. The molecule has 1 rings (SSSR count). The summed E-state index contributed by atoms with van der Waals surface area (Å²) >= 11 is 5.86. The van der Waals surface area contributed by atoms with Crippen molar-refractivity contribution in [2.75, 3.05) is 12.3 Å². The van der Waals surface area contributed by atoms with Crippen LogP contribution in [0.4, 0.5) is 5.69 Å². The van der Waals surface area contributed by atoms with Crippen molar-refractivity contribution in [2.24, 2.45) is 5.41 Å². The number of benzene rings is 1. The summed E-state index contributed by atoms with van der Waals surface area (Å²) in [6.45, 7) is 6.13. The van der Waals surface area contributed by atoms with Crippen LogP contribution in [0.5, 0.6) is 0 Å². The SMILES string of the molecule is CC(C)(C)CNS(=O)(=O)c1c(N)cccc1Cl. The highest BCUT2D eigenvalue weighted by Crippen LogP contribution is 2.27. The lowest BCUT2D eigenvalue weighted by molar-refractivity contribution is 0.407. The highest BCUT2D eigenvalue weighted by atomic mass is 35.5. The summed E-state index contributed by atoms with van der Waals surface area (Å²) in [4.78, 5) is -0.0501. The summed E-state index contributed by atoms with van der Waals surface area (Å²) in [5.41, 5.74) is 5.65. The highest BCUT2D eigenvalue weighted by Gasteiger charge is 2.23. The summed E-state index contributed by atoms with van der Waals surface area (Å²) in [6.07, 6.45) is 0. The van der Waals surface area contributed by atoms with Crippen LogP contribution < -0.4 is 10.5 Å². The van der Waals surface area contributed by atoms with Gasteiger partial charge < -0.3 is 5.73 Å². The lowest BCUT2D eigenvalue weighted by atomic mass is 9.98. The monoisotopic (exact) mass is 276 g/mol. The summed E-state index contributed by atoms with van der Waals surface area (Å²) in [6, 6.07) is 4.63. The minimum atomic E-state index is -3.66. The van der Waals surface area contributed by atoms with E-state index in [0.29, 0.717) is 6.54 Å². The van der Waals surface area contributed by atoms with Crippen LogP contribution in [0.25, 0.3) is 0 Å². The predicted octanol–water partition coefficient (Wildman–Crippen LogP) is 2.25. The van der Waals surface area contributed by atoms with E-state index in [1.54, 1.807) is 6.07 Å². The molecule has 0 aliphatic rings. The second-order valence-electron chi connectivity index (χ2n) is 5.04. The zero-order valence-corrected chi connectivity index (χ0v) is 11.7. The van der Waals surface area contributed by atoms with Gasteiger partial charge in [0.15, 0.2) is 0 Å². The fraction of sp³-hybridized carbons (Fsp3) is 0.455. The smallest absolute Gasteiger partial charge is 0.244 e. The van der Waals surface area contributed by atoms with E-state index in [-0.39, 0.29) is 21.0 Å². The van der Waals surface area contributed by atoms with Crippen molar-refractivity contribution in [1.29, 1.82) is 0 Å². The number of rotatable bonds is 3. The molecule has 6 heteroatoms. The van der Waals surface area contributed by atoms with E-state index in [9.17, 15) is 8.42 Å². The third-order valence-electron chi connectivity index (χ3n) is 2.06. The van der Waals surface area contributed by atoms with E-state index >= 15 is 0 Å². The molecule has 0 heterocycles. The molecule has 0 saturated heterocycles. The Hall–Kier alpha value is -0.780. The van der Waals surface area contributed by atoms with Gasteiger partial charge in [0, 0.05) is 6.54 Å². The molecule has 1 aromatic carbocycles. The van der Waals surface area contributed by atoms with Gasteiger partial charge in [0.05, 0.1) is 10.7 Å². The third-order valence-corrected chi connectivity index (χ3v) is 4.00. The van der Waals surface area contributed by atoms with Gasteiger partial charge in [-0.3, -0.25) is 0 Å². The molecule has 0 fully saturated rings. The molecule has 3 N–H and O–H groups in total. The normalized spacial score (nSPS) is 12.7. The standard InChI is InChI=1S/C11H17ClN2O2S/c1-11(2,3)7-14-17(15,16)10-8(12)5-4-6-9(10)13/h4-6,14H,7,13H2,1-3H3. The first-order valence-corrected chi connectivity index (χ1v) is 7.03. The minimum Gasteiger partial charge on any atom is -0.398 e. The Labute approximate surface area is 107 Å². The molecule has 0 aliphatic heterocycles. The van der Waals surface area contributed by atoms with Crippen molar-refractivity contribution >= 4 is 27.3 Å². The average Bonchev–Trinajstić information content (AvgIpc) is 2.13. The zero-order valence-electron chi connectivity index (χ0n) is 10.1. The molecule has 96 valence electrons. The molecule has 0 amide bonds. The van der Waals surface area contributed by atoms with Crippen molar-refractivity contribution < 1.29 is 8.42 Å². The van der Waals surface area contributed by atoms with E-state index in [1.165, 1.54) is 12.1 Å². The van der Waals surface area contributed by atoms with Crippen molar-refractivity contribution in [1.82, 2.24) is 4.72 Å². The van der Waals surface area contributed by atoms with Gasteiger partial charge in [0.2, 0.25) is 10.0 Å². The largest absolute Gasteiger partial charge is 0.398 e. The summed E-state index contributed by atoms with van der Waals surface area (Å²) < 4.78 is 26.6. The number of hydrogen-bond donors (Lipinski definition) is 2. The Morgan fingerprint density at radius 1 is 1.35 bits per heavy atom. The average molecular weight is 277 g/mol. The van der Waals surface area contributed by atoms with Gasteiger partial charge in [0.1, 0.15) is 4.90 Å². The molecular weight excluding hydrogens is 260 g/mol. The number of halogens is 1. The number of nitrogen functional groups attached to an aromatic ring is 1. The predicted molar refractivity (Wildman–Crippen MR) is 70.5 cm³/mol. The van der Waals surface area contributed by atoms with Crippen molar-refractivity contribution in [2.45, 2.75) is 25.7 Å². The fourth-order valence-corrected chi connectivity index (χ4v) is 3.15. The zero-order chi connectivity index (χ0) is 13.3. The Bertz CT molecular complexity index is 486. The third kappa shape index (κ3) is 3.87. The maximum absolute atomic E-state index is 12.0. The molecule has 0 aliphatic carbocycles. The lowest BCUT2D eigenvalue weighted by Crippen LogP contribution is -2.32. The van der Waals surface area contributed by atoms with Crippen molar-refractivity contribution in [3.63, 3.8) is 0 Å². The molecule has 0 radical (unpaired) electrons. The molecule has 4 nitrogen and oxygen atoms in total. The van der Waals surface area contributed by atoms with E-state index in [0.717, 1.165) is 0 Å². The number of anilines is 1. The maximum Gasteiger partial charge on any atom is 0.244 e. The minimum absolute atomic E-state index is 0.0501. The Morgan fingerprint density at radius 3 is 2.41 bits per heavy atom. The topological polar surface area (TPSA) is 72.2 Å². The van der Waals surface area contributed by atoms with Crippen LogP contribution in [0, 0.1) is 5.41 Å². The van der Waals surface area contributed by atoms with E-state index in [4.69, 9.17) is 17.3 Å². The number of hydrogen-bond acceptors (Lipinski definition) is 3. The van der Waals surface area contributed by atoms with Crippen LogP contribution in [-0.4, -0.2) is 15.0 Å². The number of nitrogens with two attached hydrogens (primary N) is 1. The van der Waals surface area contributed by atoms with Gasteiger partial charge in [0.25, 0.3) is 0 Å². The van der Waals surface area contributed by atoms with E-state index < -0.39 is 10.0 Å². The molecule has 0 atom stereocenters. The van der Waals surface area contributed by atoms with E-state index in [1.807, 2.05) is 20.8 Å². The van der Waals surface area contributed by atoms with Crippen LogP contribution in [0.1, 0.15) is 20.8 Å². The molecule has 0 aromatic heterocycles. The van der Waals surface area contributed by atoms with Crippen LogP contribution in [0.2, 0.25) is 5.02 Å². The number of sulfonamides is 1. The molecule has 1 aromatic rings. The first-order valence-electron chi connectivity index (χ1n) is 5.17. The Kier molecular flexibility index (Phi) is 4.06. The second-order valence-corrected chi connectivity index (χ2v) is 7.15. The summed E-state index contributed by atoms with van der Waals surface area (Å²) in [5.74, 6) is 0. The Balaban J connectivity index is 3.06. The quantitative estimate of drug-likeness (QED) is 0.832. The lowest BCUT2D eigenvalue weighted by Gasteiger charge is -2.19. The van der Waals surface area contributed by atoms with Crippen LogP contribution in [0.3, 0.4) is 0 Å².